The van der Waals surface area contributed by atoms with Crippen LogP contribution < -0.4 is 0 Å². The summed E-state index contributed by atoms with van der Waals surface area (Å²) in [6.07, 6.45) is 9.16. The molecule has 2 nitrogen and oxygen atoms in total. The first-order valence-corrected chi connectivity index (χ1v) is 6.43. The van der Waals surface area contributed by atoms with Gasteiger partial charge in [0, 0.05) is 6.04 Å². The predicted molar refractivity (Wildman–Crippen MR) is 61.3 cm³/mol. The fraction of sp³-hybridized carbons (Fsp3) is 0.923. The minimum Gasteiger partial charge on any atom is -0.302 e. The van der Waals surface area contributed by atoms with Crippen LogP contribution >= 0.6 is 0 Å². The van der Waals surface area contributed by atoms with Crippen molar-refractivity contribution in [3.05, 3.63) is 0 Å². The smallest absolute Gasteiger partial charge is 0.0675 e. The van der Waals surface area contributed by atoms with E-state index < -0.39 is 0 Å². The molecule has 2 atom stereocenters. The maximum Gasteiger partial charge on any atom is 0.0675 e. The van der Waals surface area contributed by atoms with Crippen LogP contribution in [0.2, 0.25) is 0 Å². The van der Waals surface area contributed by atoms with E-state index in [2.05, 4.69) is 18.0 Å². The van der Waals surface area contributed by atoms with Crippen molar-refractivity contribution in [2.24, 2.45) is 11.8 Å². The van der Waals surface area contributed by atoms with Crippen LogP contribution in [0.15, 0.2) is 0 Å². The predicted octanol–water partition coefficient (Wildman–Crippen LogP) is 2.80. The zero-order valence-electron chi connectivity index (χ0n) is 9.78. The Morgan fingerprint density at radius 2 is 1.93 bits per heavy atom. The average Bonchev–Trinajstić information content (AvgIpc) is 2.36. The first kappa shape index (κ1) is 11.0. The van der Waals surface area contributed by atoms with Gasteiger partial charge >= 0.3 is 0 Å². The van der Waals surface area contributed by atoms with Crippen LogP contribution in [0.25, 0.3) is 0 Å². The molecule has 2 unspecified atom stereocenters. The van der Waals surface area contributed by atoms with E-state index in [1.165, 1.54) is 51.5 Å². The number of likely N-dealkylation sites (tertiary alicyclic amines) is 1. The van der Waals surface area contributed by atoms with E-state index in [4.69, 9.17) is 0 Å². The van der Waals surface area contributed by atoms with Crippen molar-refractivity contribution < 1.29 is 0 Å². The van der Waals surface area contributed by atoms with Gasteiger partial charge in [-0.3, -0.25) is 0 Å². The van der Waals surface area contributed by atoms with E-state index in [0.29, 0.717) is 17.9 Å². The van der Waals surface area contributed by atoms with Crippen molar-refractivity contribution in [2.75, 3.05) is 13.6 Å². The maximum atomic E-state index is 9.35. The van der Waals surface area contributed by atoms with Gasteiger partial charge in [0.2, 0.25) is 0 Å². The van der Waals surface area contributed by atoms with Gasteiger partial charge < -0.3 is 4.90 Å². The summed E-state index contributed by atoms with van der Waals surface area (Å²) in [7, 11) is 2.21. The normalized spacial score (nSPS) is 31.3. The van der Waals surface area contributed by atoms with Crippen LogP contribution in [0.5, 0.6) is 0 Å². The Kier molecular flexibility index (Phi) is 3.64. The molecule has 0 amide bonds. The molecule has 0 aromatic heterocycles. The molecule has 1 saturated carbocycles. The summed E-state index contributed by atoms with van der Waals surface area (Å²) in [5.74, 6) is 1.02. The third-order valence-corrected chi connectivity index (χ3v) is 4.30. The van der Waals surface area contributed by atoms with Crippen LogP contribution in [0.3, 0.4) is 0 Å². The van der Waals surface area contributed by atoms with Gasteiger partial charge in [0.15, 0.2) is 0 Å². The second kappa shape index (κ2) is 4.99. The molecular formula is C13H22N2. The van der Waals surface area contributed by atoms with E-state index in [9.17, 15) is 5.26 Å². The van der Waals surface area contributed by atoms with Crippen molar-refractivity contribution in [3.8, 4) is 6.07 Å². The van der Waals surface area contributed by atoms with Crippen molar-refractivity contribution in [3.63, 3.8) is 0 Å². The Bertz CT molecular complexity index is 239. The van der Waals surface area contributed by atoms with Gasteiger partial charge in [-0.05, 0) is 45.2 Å². The molecule has 1 aliphatic heterocycles. The molecule has 1 heterocycles. The fourth-order valence-electron chi connectivity index (χ4n) is 3.04. The molecule has 2 aliphatic rings. The molecule has 0 aromatic rings. The second-order valence-corrected chi connectivity index (χ2v) is 5.24. The van der Waals surface area contributed by atoms with Crippen LogP contribution in [0, 0.1) is 23.2 Å². The monoisotopic (exact) mass is 206 g/mol. The standard InChI is InChI=1S/C13H22N2/c1-15-9-4-2-3-8-13(15)12(10-14)11-6-5-7-11/h11-13H,2-9H2,1H3. The molecule has 2 fully saturated rings. The third kappa shape index (κ3) is 2.34. The van der Waals surface area contributed by atoms with Gasteiger partial charge in [-0.25, -0.2) is 0 Å². The molecule has 0 N–H and O–H groups in total. The number of hydrogen-bond donors (Lipinski definition) is 0. The van der Waals surface area contributed by atoms with Crippen LogP contribution in [-0.2, 0) is 0 Å². The molecular weight excluding hydrogens is 184 g/mol. The lowest BCUT2D eigenvalue weighted by Gasteiger charge is -2.38. The highest BCUT2D eigenvalue weighted by atomic mass is 15.1. The fourth-order valence-corrected chi connectivity index (χ4v) is 3.04. The summed E-state index contributed by atoms with van der Waals surface area (Å²) in [5, 5.41) is 9.35. The Hall–Kier alpha value is -0.550. The lowest BCUT2D eigenvalue weighted by molar-refractivity contribution is 0.125. The highest BCUT2D eigenvalue weighted by Gasteiger charge is 2.35. The Morgan fingerprint density at radius 1 is 1.13 bits per heavy atom. The summed E-state index contributed by atoms with van der Waals surface area (Å²) in [6.45, 7) is 1.19. The molecule has 0 radical (unpaired) electrons. The van der Waals surface area contributed by atoms with Gasteiger partial charge in [0.25, 0.3) is 0 Å². The highest BCUT2D eigenvalue weighted by Crippen LogP contribution is 2.37. The molecule has 2 heteroatoms. The zero-order valence-corrected chi connectivity index (χ0v) is 9.78. The minimum absolute atomic E-state index is 0.307. The molecule has 1 aliphatic carbocycles. The molecule has 15 heavy (non-hydrogen) atoms. The van der Waals surface area contributed by atoms with Crippen LogP contribution in [-0.4, -0.2) is 24.5 Å². The largest absolute Gasteiger partial charge is 0.302 e. The minimum atomic E-state index is 0.307. The van der Waals surface area contributed by atoms with E-state index in [1.807, 2.05) is 0 Å². The van der Waals surface area contributed by atoms with Crippen molar-refractivity contribution in [2.45, 2.75) is 51.0 Å². The van der Waals surface area contributed by atoms with Gasteiger partial charge in [-0.1, -0.05) is 19.3 Å². The Morgan fingerprint density at radius 3 is 2.53 bits per heavy atom. The highest BCUT2D eigenvalue weighted by molar-refractivity contribution is 4.99. The molecule has 0 aromatic carbocycles. The number of hydrogen-bond acceptors (Lipinski definition) is 2. The number of rotatable bonds is 2. The topological polar surface area (TPSA) is 27.0 Å². The van der Waals surface area contributed by atoms with E-state index in [0.717, 1.165) is 0 Å². The SMILES string of the molecule is CN1CCCCCC1C(C#N)C1CCC1. The molecule has 0 bridgehead atoms. The molecule has 2 rings (SSSR count). The van der Waals surface area contributed by atoms with Crippen molar-refractivity contribution in [1.29, 1.82) is 5.26 Å². The van der Waals surface area contributed by atoms with Gasteiger partial charge in [-0.15, -0.1) is 0 Å². The van der Waals surface area contributed by atoms with E-state index >= 15 is 0 Å². The quantitative estimate of drug-likeness (QED) is 0.694. The van der Waals surface area contributed by atoms with Gasteiger partial charge in [0.05, 0.1) is 12.0 Å². The molecule has 1 saturated heterocycles. The molecule has 0 spiro atoms. The summed E-state index contributed by atoms with van der Waals surface area (Å²) in [4.78, 5) is 2.44. The summed E-state index contributed by atoms with van der Waals surface area (Å²) in [6, 6.07) is 3.13. The van der Waals surface area contributed by atoms with Crippen molar-refractivity contribution >= 4 is 0 Å². The summed E-state index contributed by atoms with van der Waals surface area (Å²) in [5.41, 5.74) is 0. The first-order valence-electron chi connectivity index (χ1n) is 6.43. The first-order chi connectivity index (χ1) is 7.33. The Balaban J connectivity index is 2.01. The number of nitriles is 1. The Labute approximate surface area is 93.3 Å². The lowest BCUT2D eigenvalue weighted by Crippen LogP contribution is -2.41. The van der Waals surface area contributed by atoms with E-state index in [-0.39, 0.29) is 0 Å². The van der Waals surface area contributed by atoms with Gasteiger partial charge in [-0.2, -0.15) is 5.26 Å². The van der Waals surface area contributed by atoms with E-state index in [1.54, 1.807) is 0 Å². The molecule has 84 valence electrons. The summed E-state index contributed by atoms with van der Waals surface area (Å²) >= 11 is 0. The third-order valence-electron chi connectivity index (χ3n) is 4.30. The van der Waals surface area contributed by atoms with Crippen molar-refractivity contribution in [1.82, 2.24) is 4.90 Å². The van der Waals surface area contributed by atoms with Crippen LogP contribution in [0.1, 0.15) is 44.9 Å². The summed E-state index contributed by atoms with van der Waals surface area (Å²) < 4.78 is 0. The average molecular weight is 206 g/mol. The van der Waals surface area contributed by atoms with Crippen LogP contribution in [0.4, 0.5) is 0 Å². The zero-order chi connectivity index (χ0) is 10.7. The second-order valence-electron chi connectivity index (χ2n) is 5.24. The maximum absolute atomic E-state index is 9.35. The van der Waals surface area contributed by atoms with Gasteiger partial charge in [0.1, 0.15) is 0 Å². The number of nitrogens with zero attached hydrogens (tertiary/aromatic N) is 2. The lowest BCUT2D eigenvalue weighted by atomic mass is 9.72.